The molecule has 0 aliphatic heterocycles. The van der Waals surface area contributed by atoms with E-state index in [0.29, 0.717) is 12.1 Å². The summed E-state index contributed by atoms with van der Waals surface area (Å²) in [5, 5.41) is 3.40. The van der Waals surface area contributed by atoms with Crippen LogP contribution < -0.4 is 11.1 Å². The molecule has 1 unspecified atom stereocenters. The Morgan fingerprint density at radius 2 is 1.74 bits per heavy atom. The molecular weight excluding hydrogens is 236 g/mol. The summed E-state index contributed by atoms with van der Waals surface area (Å²) in [6.45, 7) is 2.72. The Labute approximate surface area is 113 Å². The molecular formula is C16H18N2O. The van der Waals surface area contributed by atoms with E-state index in [-0.39, 0.29) is 11.9 Å². The number of hydrogen-bond acceptors (Lipinski definition) is 2. The molecule has 3 nitrogen and oxygen atoms in total. The third kappa shape index (κ3) is 3.42. The van der Waals surface area contributed by atoms with Crippen molar-refractivity contribution in [2.45, 2.75) is 19.5 Å². The fourth-order valence-electron chi connectivity index (χ4n) is 2.04. The first-order valence-electron chi connectivity index (χ1n) is 6.34. The van der Waals surface area contributed by atoms with Crippen LogP contribution in [-0.4, -0.2) is 5.91 Å². The minimum atomic E-state index is -0.384. The zero-order valence-electron chi connectivity index (χ0n) is 11.0. The van der Waals surface area contributed by atoms with Gasteiger partial charge in [0.2, 0.25) is 5.91 Å². The van der Waals surface area contributed by atoms with Crippen molar-refractivity contribution >= 4 is 5.91 Å². The van der Waals surface area contributed by atoms with E-state index in [4.69, 9.17) is 5.73 Å². The zero-order valence-corrected chi connectivity index (χ0v) is 11.0. The van der Waals surface area contributed by atoms with E-state index in [1.165, 1.54) is 5.56 Å². The van der Waals surface area contributed by atoms with Gasteiger partial charge < -0.3 is 11.1 Å². The normalized spacial score (nSPS) is 12.1. The minimum Gasteiger partial charge on any atom is -0.366 e. The average Bonchev–Trinajstić information content (AvgIpc) is 2.46. The number of amides is 1. The van der Waals surface area contributed by atoms with E-state index in [0.717, 1.165) is 5.56 Å². The van der Waals surface area contributed by atoms with Crippen LogP contribution in [-0.2, 0) is 6.54 Å². The summed E-state index contributed by atoms with van der Waals surface area (Å²) in [6.07, 6.45) is 0. The summed E-state index contributed by atoms with van der Waals surface area (Å²) in [5.41, 5.74) is 8.09. The highest BCUT2D eigenvalue weighted by atomic mass is 16.1. The fraction of sp³-hybridized carbons (Fsp3) is 0.188. The van der Waals surface area contributed by atoms with Gasteiger partial charge in [-0.15, -0.1) is 0 Å². The number of carbonyl (C=O) groups excluding carboxylic acids is 1. The van der Waals surface area contributed by atoms with Gasteiger partial charge in [-0.3, -0.25) is 4.79 Å². The van der Waals surface area contributed by atoms with Crippen LogP contribution in [0.5, 0.6) is 0 Å². The van der Waals surface area contributed by atoms with Crippen molar-refractivity contribution in [1.82, 2.24) is 5.32 Å². The van der Waals surface area contributed by atoms with E-state index in [1.807, 2.05) is 36.4 Å². The largest absolute Gasteiger partial charge is 0.366 e. The van der Waals surface area contributed by atoms with Crippen LogP contribution in [0.25, 0.3) is 0 Å². The lowest BCUT2D eigenvalue weighted by molar-refractivity contribution is 0.0999. The van der Waals surface area contributed by atoms with Crippen LogP contribution in [0.15, 0.2) is 54.6 Å². The number of rotatable bonds is 5. The first kappa shape index (κ1) is 13.3. The van der Waals surface area contributed by atoms with Gasteiger partial charge in [0.15, 0.2) is 0 Å². The molecule has 3 N–H and O–H groups in total. The lowest BCUT2D eigenvalue weighted by Gasteiger charge is -2.15. The van der Waals surface area contributed by atoms with Crippen LogP contribution in [0.1, 0.15) is 34.5 Å². The van der Waals surface area contributed by atoms with Crippen molar-refractivity contribution in [3.05, 3.63) is 71.3 Å². The van der Waals surface area contributed by atoms with Crippen LogP contribution in [0.2, 0.25) is 0 Å². The molecule has 3 heteroatoms. The van der Waals surface area contributed by atoms with E-state index in [9.17, 15) is 4.79 Å². The number of hydrogen-bond donors (Lipinski definition) is 2. The number of benzene rings is 2. The molecule has 2 rings (SSSR count). The molecule has 1 amide bonds. The second-order valence-corrected chi connectivity index (χ2v) is 4.53. The SMILES string of the molecule is CC(NCc1ccccc1C(N)=O)c1ccccc1. The molecule has 0 aliphatic rings. The van der Waals surface area contributed by atoms with Gasteiger partial charge in [0.25, 0.3) is 0 Å². The van der Waals surface area contributed by atoms with Crippen LogP contribution >= 0.6 is 0 Å². The Hall–Kier alpha value is -2.13. The first-order valence-corrected chi connectivity index (χ1v) is 6.34. The number of nitrogens with one attached hydrogen (secondary N) is 1. The summed E-state index contributed by atoms with van der Waals surface area (Å²) in [7, 11) is 0. The summed E-state index contributed by atoms with van der Waals surface area (Å²) in [5.74, 6) is -0.384. The Balaban J connectivity index is 2.05. The van der Waals surface area contributed by atoms with Crippen molar-refractivity contribution < 1.29 is 4.79 Å². The molecule has 0 saturated carbocycles. The zero-order chi connectivity index (χ0) is 13.7. The standard InChI is InChI=1S/C16H18N2O/c1-12(13-7-3-2-4-8-13)18-11-14-9-5-6-10-15(14)16(17)19/h2-10,12,18H,11H2,1H3,(H2,17,19). The Bertz CT molecular complexity index is 552. The number of primary amides is 1. The molecule has 1 atom stereocenters. The molecule has 0 fully saturated rings. The van der Waals surface area contributed by atoms with Gasteiger partial charge in [0, 0.05) is 18.2 Å². The van der Waals surface area contributed by atoms with Gasteiger partial charge in [-0.05, 0) is 24.1 Å². The van der Waals surface area contributed by atoms with Gasteiger partial charge in [-0.1, -0.05) is 48.5 Å². The maximum absolute atomic E-state index is 11.3. The molecule has 2 aromatic rings. The summed E-state index contributed by atoms with van der Waals surface area (Å²) >= 11 is 0. The molecule has 98 valence electrons. The van der Waals surface area contributed by atoms with E-state index >= 15 is 0 Å². The smallest absolute Gasteiger partial charge is 0.249 e. The Kier molecular flexibility index (Phi) is 4.31. The van der Waals surface area contributed by atoms with Crippen molar-refractivity contribution in [1.29, 1.82) is 0 Å². The molecule has 0 heterocycles. The molecule has 0 aliphatic carbocycles. The predicted molar refractivity (Wildman–Crippen MR) is 76.7 cm³/mol. The van der Waals surface area contributed by atoms with E-state index in [1.54, 1.807) is 6.07 Å². The highest BCUT2D eigenvalue weighted by Crippen LogP contribution is 2.14. The highest BCUT2D eigenvalue weighted by Gasteiger charge is 2.09. The fourth-order valence-corrected chi connectivity index (χ4v) is 2.04. The van der Waals surface area contributed by atoms with Crippen LogP contribution in [0.4, 0.5) is 0 Å². The topological polar surface area (TPSA) is 55.1 Å². The lowest BCUT2D eigenvalue weighted by Crippen LogP contribution is -2.21. The van der Waals surface area contributed by atoms with E-state index in [2.05, 4.69) is 24.4 Å². The quantitative estimate of drug-likeness (QED) is 0.861. The molecule has 2 aromatic carbocycles. The molecule has 0 saturated heterocycles. The maximum atomic E-state index is 11.3. The molecule has 19 heavy (non-hydrogen) atoms. The monoisotopic (exact) mass is 254 g/mol. The number of carbonyl (C=O) groups is 1. The van der Waals surface area contributed by atoms with Crippen molar-refractivity contribution in [2.24, 2.45) is 5.73 Å². The minimum absolute atomic E-state index is 0.224. The molecule has 0 bridgehead atoms. The summed E-state index contributed by atoms with van der Waals surface area (Å²) < 4.78 is 0. The average molecular weight is 254 g/mol. The van der Waals surface area contributed by atoms with E-state index < -0.39 is 0 Å². The molecule has 0 radical (unpaired) electrons. The summed E-state index contributed by atoms with van der Waals surface area (Å²) in [6, 6.07) is 17.8. The summed E-state index contributed by atoms with van der Waals surface area (Å²) in [4.78, 5) is 11.3. The van der Waals surface area contributed by atoms with Crippen molar-refractivity contribution in [3.8, 4) is 0 Å². The van der Waals surface area contributed by atoms with Gasteiger partial charge >= 0.3 is 0 Å². The van der Waals surface area contributed by atoms with Crippen LogP contribution in [0.3, 0.4) is 0 Å². The predicted octanol–water partition coefficient (Wildman–Crippen LogP) is 2.64. The van der Waals surface area contributed by atoms with Gasteiger partial charge in [-0.25, -0.2) is 0 Å². The third-order valence-electron chi connectivity index (χ3n) is 3.18. The van der Waals surface area contributed by atoms with Crippen LogP contribution in [0, 0.1) is 0 Å². The molecule has 0 aromatic heterocycles. The maximum Gasteiger partial charge on any atom is 0.249 e. The highest BCUT2D eigenvalue weighted by molar-refractivity contribution is 5.94. The second kappa shape index (κ2) is 6.16. The van der Waals surface area contributed by atoms with Crippen molar-refractivity contribution in [3.63, 3.8) is 0 Å². The van der Waals surface area contributed by atoms with Crippen molar-refractivity contribution in [2.75, 3.05) is 0 Å². The Morgan fingerprint density at radius 3 is 2.42 bits per heavy atom. The first-order chi connectivity index (χ1) is 9.18. The lowest BCUT2D eigenvalue weighted by atomic mass is 10.1. The third-order valence-corrected chi connectivity index (χ3v) is 3.18. The Morgan fingerprint density at radius 1 is 1.11 bits per heavy atom. The molecule has 0 spiro atoms. The van der Waals surface area contributed by atoms with Gasteiger partial charge in [-0.2, -0.15) is 0 Å². The second-order valence-electron chi connectivity index (χ2n) is 4.53. The number of nitrogens with two attached hydrogens (primary N) is 1. The van der Waals surface area contributed by atoms with Gasteiger partial charge in [0.1, 0.15) is 0 Å². The van der Waals surface area contributed by atoms with Gasteiger partial charge in [0.05, 0.1) is 0 Å².